The maximum Gasteiger partial charge on any atom is 0.196 e. The van der Waals surface area contributed by atoms with Gasteiger partial charge in [0.1, 0.15) is 0 Å². The van der Waals surface area contributed by atoms with E-state index < -0.39 is 0 Å². The summed E-state index contributed by atoms with van der Waals surface area (Å²) in [5, 5.41) is 7.76. The summed E-state index contributed by atoms with van der Waals surface area (Å²) in [5.41, 5.74) is 0. The number of hydrogen-bond donors (Lipinski definition) is 2. The lowest BCUT2D eigenvalue weighted by molar-refractivity contribution is 0.343. The summed E-state index contributed by atoms with van der Waals surface area (Å²) in [7, 11) is 0. The van der Waals surface area contributed by atoms with Crippen LogP contribution in [0.15, 0.2) is 12.7 Å². The minimum absolute atomic E-state index is 0.0833. The van der Waals surface area contributed by atoms with E-state index in [1.54, 1.807) is 0 Å². The zero-order chi connectivity index (χ0) is 6.12. The molecular weight excluding hydrogens is 114 g/mol. The number of hydrogen-bond acceptors (Lipinski definition) is 3. The van der Waals surface area contributed by atoms with Gasteiger partial charge >= 0.3 is 0 Å². The highest BCUT2D eigenvalue weighted by Gasteiger charge is 1.45. The van der Waals surface area contributed by atoms with E-state index >= 15 is 0 Å². The zero-order valence-corrected chi connectivity index (χ0v) is 4.57. The van der Waals surface area contributed by atoms with Crippen LogP contribution in [0.25, 0.3) is 0 Å². The lowest BCUT2D eigenvalue weighted by Crippen LogP contribution is -1.62. The molecule has 0 aliphatic heterocycles. The highest BCUT2D eigenvalue weighted by atomic mass is 32.1. The van der Waals surface area contributed by atoms with Crippen molar-refractivity contribution >= 4 is 11.5 Å². The van der Waals surface area contributed by atoms with Gasteiger partial charge in [0, 0.05) is 0 Å². The summed E-state index contributed by atoms with van der Waals surface area (Å²) in [5.74, 6) is 0. The first-order chi connectivity index (χ1) is 3.33. The summed E-state index contributed by atoms with van der Waals surface area (Å²) in [6.07, 6.45) is 1.43. The van der Waals surface area contributed by atoms with E-state index in [-0.39, 0.29) is 18.1 Å². The highest BCUT2D eigenvalue weighted by molar-refractivity contribution is 7.53. The average molecular weight is 121 g/mol. The smallest absolute Gasteiger partial charge is 0.196 e. The summed E-state index contributed by atoms with van der Waals surface area (Å²) < 4.78 is 14.1. The molecular formula is C3H7NO2S. The van der Waals surface area contributed by atoms with Gasteiger partial charge in [0.2, 0.25) is 0 Å². The van der Waals surface area contributed by atoms with Crippen LogP contribution in [0.2, 0.25) is 0 Å². The molecule has 42 valence electrons. The Morgan fingerprint density at radius 2 is 2.14 bits per heavy atom. The van der Waals surface area contributed by atoms with E-state index in [2.05, 4.69) is 6.58 Å². The largest absolute Gasteiger partial charge is 0.392 e. The number of aliphatic hydroxyl groups is 1. The van der Waals surface area contributed by atoms with Crippen LogP contribution >= 0.6 is 0 Å². The van der Waals surface area contributed by atoms with Gasteiger partial charge in [-0.15, -0.1) is 6.58 Å². The van der Waals surface area contributed by atoms with Crippen LogP contribution in [0.1, 0.15) is 0 Å². The van der Waals surface area contributed by atoms with Crippen molar-refractivity contribution in [1.82, 2.24) is 0 Å². The molecule has 0 aromatic heterocycles. The summed E-state index contributed by atoms with van der Waals surface area (Å²) in [6, 6.07) is 0. The molecule has 0 saturated heterocycles. The fourth-order valence-corrected chi connectivity index (χ4v) is 0. The number of aliphatic hydroxyl groups excluding tert-OH is 1. The average Bonchev–Trinajstić information content (AvgIpc) is 1.69. The molecule has 7 heavy (non-hydrogen) atoms. The van der Waals surface area contributed by atoms with Crippen molar-refractivity contribution in [2.75, 3.05) is 6.61 Å². The molecule has 2 N–H and O–H groups in total. The van der Waals surface area contributed by atoms with Gasteiger partial charge in [0.15, 0.2) is 11.5 Å². The molecule has 0 aliphatic rings. The van der Waals surface area contributed by atoms with E-state index in [9.17, 15) is 0 Å². The predicted octanol–water partition coefficient (Wildman–Crippen LogP) is 0.126. The third-order valence-corrected chi connectivity index (χ3v) is 0.129. The normalized spacial score (nSPS) is 5.29. The molecule has 0 saturated carbocycles. The Labute approximate surface area is 45.7 Å². The van der Waals surface area contributed by atoms with Crippen LogP contribution in [-0.4, -0.2) is 15.9 Å². The van der Waals surface area contributed by atoms with Crippen molar-refractivity contribution in [2.24, 2.45) is 0 Å². The van der Waals surface area contributed by atoms with Gasteiger partial charge in [0.25, 0.3) is 0 Å². The minimum atomic E-state index is -0.250. The van der Waals surface area contributed by atoms with Crippen molar-refractivity contribution in [1.29, 1.82) is 4.78 Å². The molecule has 4 heteroatoms. The van der Waals surface area contributed by atoms with Gasteiger partial charge in [-0.25, -0.2) is 4.78 Å². The van der Waals surface area contributed by atoms with Crippen molar-refractivity contribution in [3.8, 4) is 0 Å². The third-order valence-electron chi connectivity index (χ3n) is 0.129. The zero-order valence-electron chi connectivity index (χ0n) is 3.76. The van der Waals surface area contributed by atoms with E-state index in [0.717, 1.165) is 0 Å². The quantitative estimate of drug-likeness (QED) is 0.484. The molecule has 0 atom stereocenters. The summed E-state index contributed by atoms with van der Waals surface area (Å²) in [4.78, 5) is 0. The first-order valence-corrected chi connectivity index (χ1v) is 2.25. The Kier molecular flexibility index (Phi) is 24.7. The molecule has 0 aliphatic carbocycles. The number of rotatable bonds is 1. The van der Waals surface area contributed by atoms with E-state index in [1.807, 2.05) is 0 Å². The second-order valence-corrected chi connectivity index (χ2v) is 0.721. The van der Waals surface area contributed by atoms with Crippen molar-refractivity contribution in [2.45, 2.75) is 0 Å². The molecule has 0 aromatic rings. The molecule has 0 unspecified atom stereocenters. The van der Waals surface area contributed by atoms with Crippen molar-refractivity contribution in [3.05, 3.63) is 12.7 Å². The second kappa shape index (κ2) is 17.8. The molecule has 0 radical (unpaired) electrons. The number of nitrogens with one attached hydrogen (secondary N) is 1. The van der Waals surface area contributed by atoms with Gasteiger partial charge < -0.3 is 5.11 Å². The second-order valence-electron chi connectivity index (χ2n) is 0.555. The van der Waals surface area contributed by atoms with Crippen LogP contribution in [0, 0.1) is 4.78 Å². The third kappa shape index (κ3) is 253. The Morgan fingerprint density at radius 3 is 2.14 bits per heavy atom. The molecule has 0 bridgehead atoms. The summed E-state index contributed by atoms with van der Waals surface area (Å²) in [6.45, 7) is 3.31. The molecule has 0 spiro atoms. The van der Waals surface area contributed by atoms with Crippen LogP contribution < -0.4 is 0 Å². The van der Waals surface area contributed by atoms with Gasteiger partial charge in [0.05, 0.1) is 6.61 Å². The van der Waals surface area contributed by atoms with Gasteiger partial charge in [-0.05, 0) is 0 Å². The van der Waals surface area contributed by atoms with Gasteiger partial charge in [-0.1, -0.05) is 6.08 Å². The SMILES string of the molecule is C=CCO.N=S=O. The molecule has 0 amide bonds. The van der Waals surface area contributed by atoms with Gasteiger partial charge in [-0.2, -0.15) is 4.21 Å². The van der Waals surface area contributed by atoms with Crippen LogP contribution in [0.3, 0.4) is 0 Å². The predicted molar refractivity (Wildman–Crippen MR) is 28.1 cm³/mol. The molecule has 0 rings (SSSR count). The van der Waals surface area contributed by atoms with E-state index in [4.69, 9.17) is 14.1 Å². The maximum absolute atomic E-state index is 8.51. The lowest BCUT2D eigenvalue weighted by atomic mass is 10.7. The minimum Gasteiger partial charge on any atom is -0.392 e. The maximum atomic E-state index is 8.51. The molecule has 3 nitrogen and oxygen atoms in total. The first-order valence-electron chi connectivity index (χ1n) is 1.50. The van der Waals surface area contributed by atoms with Crippen molar-refractivity contribution < 1.29 is 9.32 Å². The Bertz CT molecular complexity index is 67.3. The van der Waals surface area contributed by atoms with Crippen molar-refractivity contribution in [3.63, 3.8) is 0 Å². The van der Waals surface area contributed by atoms with E-state index in [0.29, 0.717) is 0 Å². The standard InChI is InChI=1S/C3H6O.HNOS/c1-2-3-4;1-3-2/h2,4H,1,3H2;1H. The van der Waals surface area contributed by atoms with Crippen LogP contribution in [0.4, 0.5) is 0 Å². The molecule has 0 heterocycles. The first kappa shape index (κ1) is 9.72. The van der Waals surface area contributed by atoms with E-state index in [1.165, 1.54) is 6.08 Å². The fraction of sp³-hybridized carbons (Fsp3) is 0.333. The van der Waals surface area contributed by atoms with Crippen LogP contribution in [0.5, 0.6) is 0 Å². The summed E-state index contributed by atoms with van der Waals surface area (Å²) >= 11 is -0.250. The lowest BCUT2D eigenvalue weighted by Gasteiger charge is -1.60. The Morgan fingerprint density at radius 1 is 2.00 bits per heavy atom. The Hall–Kier alpha value is -0.480. The topological polar surface area (TPSA) is 61.1 Å². The highest BCUT2D eigenvalue weighted by Crippen LogP contribution is 1.46. The van der Waals surface area contributed by atoms with Gasteiger partial charge in [-0.3, -0.25) is 0 Å². The fourth-order valence-electron chi connectivity index (χ4n) is 0. The molecule has 0 aromatic carbocycles. The monoisotopic (exact) mass is 121 g/mol. The molecule has 0 fully saturated rings. The van der Waals surface area contributed by atoms with Crippen LogP contribution in [-0.2, 0) is 11.5 Å². The Balaban J connectivity index is 0.